The van der Waals surface area contributed by atoms with E-state index in [1.165, 1.54) is 0 Å². The van der Waals surface area contributed by atoms with E-state index in [2.05, 4.69) is 27.7 Å². The minimum Gasteiger partial charge on any atom is -0.396 e. The molecule has 0 aromatic carbocycles. The fourth-order valence-electron chi connectivity index (χ4n) is 2.91. The van der Waals surface area contributed by atoms with Crippen LogP contribution < -0.4 is 0 Å². The first-order chi connectivity index (χ1) is 7.09. The lowest BCUT2D eigenvalue weighted by Crippen LogP contribution is -2.20. The van der Waals surface area contributed by atoms with E-state index in [1.54, 1.807) is 0 Å². The maximum absolute atomic E-state index is 8.67. The van der Waals surface area contributed by atoms with Crippen LogP contribution in [-0.4, -0.2) is 24.9 Å². The fourth-order valence-corrected chi connectivity index (χ4v) is 2.91. The van der Waals surface area contributed by atoms with Crippen LogP contribution in [0.15, 0.2) is 0 Å². The predicted octanol–water partition coefficient (Wildman–Crippen LogP) is 2.56. The van der Waals surface area contributed by atoms with Crippen LogP contribution >= 0.6 is 0 Å². The summed E-state index contributed by atoms with van der Waals surface area (Å²) >= 11 is 0. The third-order valence-electron chi connectivity index (χ3n) is 4.60. The zero-order valence-electron chi connectivity index (χ0n) is 10.6. The zero-order chi connectivity index (χ0) is 11.4. The van der Waals surface area contributed by atoms with E-state index in [0.717, 1.165) is 36.7 Å². The van der Waals surface area contributed by atoms with E-state index in [1.807, 2.05) is 0 Å². The van der Waals surface area contributed by atoms with Crippen LogP contribution in [0.25, 0.3) is 0 Å². The average Bonchev–Trinajstić information content (AvgIpc) is 2.41. The quantitative estimate of drug-likeness (QED) is 0.713. The van der Waals surface area contributed by atoms with Crippen molar-refractivity contribution in [1.29, 1.82) is 0 Å². The highest BCUT2D eigenvalue weighted by Gasteiger charge is 2.41. The topological polar surface area (TPSA) is 29.5 Å². The monoisotopic (exact) mass is 214 g/mol. The Hall–Kier alpha value is -0.0800. The van der Waals surface area contributed by atoms with Gasteiger partial charge in [0.2, 0.25) is 0 Å². The summed E-state index contributed by atoms with van der Waals surface area (Å²) in [5.74, 6) is 3.86. The number of hydrogen-bond donors (Lipinski definition) is 1. The van der Waals surface area contributed by atoms with E-state index < -0.39 is 0 Å². The number of aliphatic hydroxyl groups excluding tert-OH is 1. The molecule has 0 saturated heterocycles. The molecule has 1 aliphatic rings. The van der Waals surface area contributed by atoms with Crippen LogP contribution in [0, 0.1) is 29.6 Å². The molecule has 0 bridgehead atoms. The van der Waals surface area contributed by atoms with Gasteiger partial charge in [0, 0.05) is 19.8 Å². The van der Waals surface area contributed by atoms with Gasteiger partial charge in [-0.1, -0.05) is 27.7 Å². The Kier molecular flexibility index (Phi) is 5.07. The second-order valence-electron chi connectivity index (χ2n) is 5.25. The van der Waals surface area contributed by atoms with E-state index in [0.29, 0.717) is 12.5 Å². The second kappa shape index (κ2) is 5.86. The van der Waals surface area contributed by atoms with Crippen molar-refractivity contribution < 1.29 is 9.84 Å². The van der Waals surface area contributed by atoms with Gasteiger partial charge in [-0.3, -0.25) is 0 Å². The Morgan fingerprint density at radius 2 is 1.47 bits per heavy atom. The molecule has 0 amide bonds. The average molecular weight is 214 g/mol. The summed E-state index contributed by atoms with van der Waals surface area (Å²) in [6.45, 7) is 11.2. The second-order valence-corrected chi connectivity index (χ2v) is 5.25. The zero-order valence-corrected chi connectivity index (χ0v) is 10.6. The van der Waals surface area contributed by atoms with Gasteiger partial charge in [-0.2, -0.15) is 0 Å². The SMILES string of the molecule is CC1C(C)[C@H](C)[C@H](C)[C@@H]1COCCCO. The minimum atomic E-state index is 0.239. The molecule has 2 heteroatoms. The normalized spacial score (nSPS) is 41.0. The summed E-state index contributed by atoms with van der Waals surface area (Å²) in [5.41, 5.74) is 0. The highest BCUT2D eigenvalue weighted by molar-refractivity contribution is 4.89. The molecule has 2 unspecified atom stereocenters. The van der Waals surface area contributed by atoms with Crippen molar-refractivity contribution in [3.05, 3.63) is 0 Å². The van der Waals surface area contributed by atoms with Gasteiger partial charge in [-0.05, 0) is 36.0 Å². The van der Waals surface area contributed by atoms with Crippen LogP contribution in [0.3, 0.4) is 0 Å². The molecule has 0 spiro atoms. The van der Waals surface area contributed by atoms with Crippen molar-refractivity contribution in [2.24, 2.45) is 29.6 Å². The van der Waals surface area contributed by atoms with Crippen molar-refractivity contribution in [2.75, 3.05) is 19.8 Å². The highest BCUT2D eigenvalue weighted by Crippen LogP contribution is 2.45. The molecular weight excluding hydrogens is 188 g/mol. The van der Waals surface area contributed by atoms with Crippen molar-refractivity contribution in [3.63, 3.8) is 0 Å². The third-order valence-corrected chi connectivity index (χ3v) is 4.60. The number of ether oxygens (including phenoxy) is 1. The van der Waals surface area contributed by atoms with E-state index in [-0.39, 0.29) is 6.61 Å². The van der Waals surface area contributed by atoms with E-state index in [9.17, 15) is 0 Å². The summed E-state index contributed by atoms with van der Waals surface area (Å²) in [7, 11) is 0. The summed E-state index contributed by atoms with van der Waals surface area (Å²) in [6.07, 6.45) is 0.764. The Morgan fingerprint density at radius 1 is 0.933 bits per heavy atom. The molecule has 1 saturated carbocycles. The number of hydrogen-bond acceptors (Lipinski definition) is 2. The summed E-state index contributed by atoms with van der Waals surface area (Å²) in [5, 5.41) is 8.67. The van der Waals surface area contributed by atoms with Crippen LogP contribution in [0.4, 0.5) is 0 Å². The van der Waals surface area contributed by atoms with Gasteiger partial charge in [0.05, 0.1) is 0 Å². The molecule has 1 aliphatic carbocycles. The lowest BCUT2D eigenvalue weighted by atomic mass is 9.90. The molecule has 0 aromatic heterocycles. The summed E-state index contributed by atoms with van der Waals surface area (Å²) in [6, 6.07) is 0. The van der Waals surface area contributed by atoms with Crippen molar-refractivity contribution in [3.8, 4) is 0 Å². The van der Waals surface area contributed by atoms with Gasteiger partial charge in [-0.15, -0.1) is 0 Å². The first-order valence-corrected chi connectivity index (χ1v) is 6.28. The Bertz CT molecular complexity index is 167. The van der Waals surface area contributed by atoms with Gasteiger partial charge in [-0.25, -0.2) is 0 Å². The molecule has 90 valence electrons. The molecule has 0 heterocycles. The van der Waals surface area contributed by atoms with Crippen LogP contribution in [0.1, 0.15) is 34.1 Å². The summed E-state index contributed by atoms with van der Waals surface area (Å²) < 4.78 is 5.64. The third kappa shape index (κ3) is 2.94. The lowest BCUT2D eigenvalue weighted by molar-refractivity contribution is 0.0616. The molecule has 1 fully saturated rings. The fraction of sp³-hybridized carbons (Fsp3) is 1.00. The molecule has 0 aliphatic heterocycles. The van der Waals surface area contributed by atoms with Gasteiger partial charge < -0.3 is 9.84 Å². The van der Waals surface area contributed by atoms with E-state index >= 15 is 0 Å². The Balaban J connectivity index is 2.34. The lowest BCUT2D eigenvalue weighted by Gasteiger charge is -2.21. The van der Waals surface area contributed by atoms with Crippen molar-refractivity contribution in [1.82, 2.24) is 0 Å². The first-order valence-electron chi connectivity index (χ1n) is 6.28. The van der Waals surface area contributed by atoms with E-state index in [4.69, 9.17) is 9.84 Å². The van der Waals surface area contributed by atoms with Crippen molar-refractivity contribution >= 4 is 0 Å². The Morgan fingerprint density at radius 3 is 1.93 bits per heavy atom. The summed E-state index contributed by atoms with van der Waals surface area (Å²) in [4.78, 5) is 0. The highest BCUT2D eigenvalue weighted by atomic mass is 16.5. The standard InChI is InChI=1S/C13H26O2/c1-9-10(2)12(4)13(11(9)3)8-15-7-5-6-14/h9-14H,5-8H2,1-4H3/t9-,10?,11-,12?,13-/m0/s1. The molecule has 2 nitrogen and oxygen atoms in total. The van der Waals surface area contributed by atoms with Crippen molar-refractivity contribution in [2.45, 2.75) is 34.1 Å². The maximum Gasteiger partial charge on any atom is 0.0499 e. The molecule has 15 heavy (non-hydrogen) atoms. The smallest absolute Gasteiger partial charge is 0.0499 e. The maximum atomic E-state index is 8.67. The van der Waals surface area contributed by atoms with Gasteiger partial charge in [0.1, 0.15) is 0 Å². The van der Waals surface area contributed by atoms with Gasteiger partial charge in [0.15, 0.2) is 0 Å². The van der Waals surface area contributed by atoms with Crippen LogP contribution in [0.2, 0.25) is 0 Å². The number of rotatable bonds is 5. The van der Waals surface area contributed by atoms with Crippen LogP contribution in [0.5, 0.6) is 0 Å². The Labute approximate surface area is 94.0 Å². The minimum absolute atomic E-state index is 0.239. The molecule has 0 radical (unpaired) electrons. The largest absolute Gasteiger partial charge is 0.396 e. The molecule has 1 N–H and O–H groups in total. The predicted molar refractivity (Wildman–Crippen MR) is 62.7 cm³/mol. The molecule has 5 atom stereocenters. The first kappa shape index (κ1) is 13.0. The van der Waals surface area contributed by atoms with Crippen LogP contribution in [-0.2, 0) is 4.74 Å². The molecule has 0 aromatic rings. The van der Waals surface area contributed by atoms with Gasteiger partial charge in [0.25, 0.3) is 0 Å². The van der Waals surface area contributed by atoms with Gasteiger partial charge >= 0.3 is 0 Å². The number of aliphatic hydroxyl groups is 1. The molecular formula is C13H26O2. The molecule has 1 rings (SSSR count).